The SMILES string of the molecule is CCOc1ccc(C(=O)N2CCCC(c3nc(-c4ccc(Cl)cc4)no3)C2)cc1OC. The molecule has 0 spiro atoms. The van der Waals surface area contributed by atoms with E-state index in [-0.39, 0.29) is 11.8 Å². The Morgan fingerprint density at radius 2 is 2.03 bits per heavy atom. The lowest BCUT2D eigenvalue weighted by Crippen LogP contribution is -2.39. The summed E-state index contributed by atoms with van der Waals surface area (Å²) >= 11 is 5.95. The molecule has 4 rings (SSSR count). The summed E-state index contributed by atoms with van der Waals surface area (Å²) in [5.74, 6) is 2.18. The molecule has 7 nitrogen and oxygen atoms in total. The Hall–Kier alpha value is -3.06. The molecule has 1 unspecified atom stereocenters. The van der Waals surface area contributed by atoms with Gasteiger partial charge in [0.2, 0.25) is 11.7 Å². The Bertz CT molecular complexity index is 1050. The number of amides is 1. The van der Waals surface area contributed by atoms with Crippen LogP contribution in [0.15, 0.2) is 47.0 Å². The number of nitrogens with zero attached hydrogens (tertiary/aromatic N) is 3. The van der Waals surface area contributed by atoms with Gasteiger partial charge in [0.25, 0.3) is 5.91 Å². The Morgan fingerprint density at radius 1 is 1.23 bits per heavy atom. The normalized spacial score (nSPS) is 16.2. The molecule has 1 fully saturated rings. The highest BCUT2D eigenvalue weighted by Crippen LogP contribution is 2.31. The van der Waals surface area contributed by atoms with Gasteiger partial charge in [-0.3, -0.25) is 4.79 Å². The molecule has 1 amide bonds. The molecule has 0 bridgehead atoms. The van der Waals surface area contributed by atoms with Gasteiger partial charge in [0.05, 0.1) is 19.6 Å². The van der Waals surface area contributed by atoms with Crippen molar-refractivity contribution in [3.63, 3.8) is 0 Å². The first-order valence-electron chi connectivity index (χ1n) is 10.3. The van der Waals surface area contributed by atoms with Gasteiger partial charge in [-0.15, -0.1) is 0 Å². The molecule has 1 aromatic heterocycles. The standard InChI is InChI=1S/C23H24ClN3O4/c1-3-30-19-11-8-16(13-20(19)29-2)23(28)27-12-4-5-17(14-27)22-25-21(26-31-22)15-6-9-18(24)10-7-15/h6-11,13,17H,3-5,12,14H2,1-2H3. The van der Waals surface area contributed by atoms with Crippen LogP contribution in [0.4, 0.5) is 0 Å². The van der Waals surface area contributed by atoms with Crippen LogP contribution >= 0.6 is 11.6 Å². The lowest BCUT2D eigenvalue weighted by atomic mass is 9.97. The van der Waals surface area contributed by atoms with Crippen molar-refractivity contribution >= 4 is 17.5 Å². The monoisotopic (exact) mass is 441 g/mol. The zero-order valence-electron chi connectivity index (χ0n) is 17.5. The van der Waals surface area contributed by atoms with Crippen molar-refractivity contribution in [2.45, 2.75) is 25.7 Å². The average Bonchev–Trinajstić information content (AvgIpc) is 3.30. The lowest BCUT2D eigenvalue weighted by Gasteiger charge is -2.31. The Morgan fingerprint density at radius 3 is 2.77 bits per heavy atom. The summed E-state index contributed by atoms with van der Waals surface area (Å²) in [7, 11) is 1.57. The Balaban J connectivity index is 1.48. The summed E-state index contributed by atoms with van der Waals surface area (Å²) in [6.07, 6.45) is 1.75. The van der Waals surface area contributed by atoms with Gasteiger partial charge >= 0.3 is 0 Å². The molecule has 0 saturated carbocycles. The Labute approximate surface area is 185 Å². The number of carbonyl (C=O) groups is 1. The van der Waals surface area contributed by atoms with Gasteiger partial charge in [-0.2, -0.15) is 4.98 Å². The van der Waals surface area contributed by atoms with E-state index < -0.39 is 0 Å². The first-order valence-corrected chi connectivity index (χ1v) is 10.7. The van der Waals surface area contributed by atoms with E-state index in [1.807, 2.05) is 24.0 Å². The fourth-order valence-electron chi connectivity index (χ4n) is 3.74. The number of likely N-dealkylation sites (tertiary alicyclic amines) is 1. The van der Waals surface area contributed by atoms with Gasteiger partial charge in [-0.25, -0.2) is 0 Å². The van der Waals surface area contributed by atoms with Gasteiger partial charge < -0.3 is 18.9 Å². The van der Waals surface area contributed by atoms with E-state index in [4.69, 9.17) is 25.6 Å². The van der Waals surface area contributed by atoms with Crippen LogP contribution in [-0.2, 0) is 0 Å². The summed E-state index contributed by atoms with van der Waals surface area (Å²) in [6, 6.07) is 12.6. The molecule has 31 heavy (non-hydrogen) atoms. The molecule has 1 saturated heterocycles. The van der Waals surface area contributed by atoms with Gasteiger partial charge in [-0.05, 0) is 62.2 Å². The summed E-state index contributed by atoms with van der Waals surface area (Å²) in [6.45, 7) is 3.64. The van der Waals surface area contributed by atoms with E-state index in [1.165, 1.54) is 0 Å². The number of carbonyl (C=O) groups excluding carboxylic acids is 1. The van der Waals surface area contributed by atoms with E-state index >= 15 is 0 Å². The van der Waals surface area contributed by atoms with Crippen LogP contribution in [0.5, 0.6) is 11.5 Å². The number of piperidine rings is 1. The molecule has 0 aliphatic carbocycles. The molecular formula is C23H24ClN3O4. The maximum atomic E-state index is 13.1. The molecule has 162 valence electrons. The zero-order chi connectivity index (χ0) is 21.8. The minimum Gasteiger partial charge on any atom is -0.493 e. The van der Waals surface area contributed by atoms with E-state index in [1.54, 1.807) is 37.4 Å². The van der Waals surface area contributed by atoms with Crippen LogP contribution < -0.4 is 9.47 Å². The number of methoxy groups -OCH3 is 1. The average molecular weight is 442 g/mol. The highest BCUT2D eigenvalue weighted by molar-refractivity contribution is 6.30. The maximum Gasteiger partial charge on any atom is 0.254 e. The van der Waals surface area contributed by atoms with Crippen molar-refractivity contribution in [3.8, 4) is 22.9 Å². The van der Waals surface area contributed by atoms with Crippen molar-refractivity contribution in [1.82, 2.24) is 15.0 Å². The summed E-state index contributed by atoms with van der Waals surface area (Å²) in [5.41, 5.74) is 1.40. The van der Waals surface area contributed by atoms with E-state index in [2.05, 4.69) is 10.1 Å². The number of hydrogen-bond donors (Lipinski definition) is 0. The predicted octanol–water partition coefficient (Wildman–Crippen LogP) is 4.82. The van der Waals surface area contributed by atoms with Crippen LogP contribution in [-0.4, -0.2) is 47.8 Å². The van der Waals surface area contributed by atoms with Gasteiger partial charge in [0, 0.05) is 29.2 Å². The van der Waals surface area contributed by atoms with Crippen LogP contribution in [0.25, 0.3) is 11.4 Å². The van der Waals surface area contributed by atoms with Crippen molar-refractivity contribution in [2.75, 3.05) is 26.8 Å². The van der Waals surface area contributed by atoms with Crippen molar-refractivity contribution in [3.05, 3.63) is 58.9 Å². The van der Waals surface area contributed by atoms with Crippen LogP contribution in [0.3, 0.4) is 0 Å². The molecule has 1 aliphatic rings. The molecule has 3 aromatic rings. The van der Waals surface area contributed by atoms with E-state index in [0.717, 1.165) is 18.4 Å². The summed E-state index contributed by atoms with van der Waals surface area (Å²) < 4.78 is 16.5. The molecule has 2 aromatic carbocycles. The van der Waals surface area contributed by atoms with E-state index in [9.17, 15) is 4.79 Å². The van der Waals surface area contributed by atoms with Crippen molar-refractivity contribution in [2.24, 2.45) is 0 Å². The highest BCUT2D eigenvalue weighted by Gasteiger charge is 2.29. The van der Waals surface area contributed by atoms with Crippen molar-refractivity contribution < 1.29 is 18.8 Å². The maximum absolute atomic E-state index is 13.1. The molecule has 1 atom stereocenters. The van der Waals surface area contributed by atoms with Crippen LogP contribution in [0.1, 0.15) is 41.9 Å². The van der Waals surface area contributed by atoms with Gasteiger partial charge in [0.1, 0.15) is 0 Å². The number of halogens is 1. The fraction of sp³-hybridized carbons (Fsp3) is 0.348. The molecule has 8 heteroatoms. The quantitative estimate of drug-likeness (QED) is 0.546. The molecule has 0 radical (unpaired) electrons. The minimum absolute atomic E-state index is 0.00385. The number of ether oxygens (including phenoxy) is 2. The highest BCUT2D eigenvalue weighted by atomic mass is 35.5. The zero-order valence-corrected chi connectivity index (χ0v) is 18.3. The molecule has 0 N–H and O–H groups in total. The first kappa shape index (κ1) is 21.2. The number of rotatable bonds is 6. The lowest BCUT2D eigenvalue weighted by molar-refractivity contribution is 0.0695. The Kier molecular flexibility index (Phi) is 6.42. The fourth-order valence-corrected chi connectivity index (χ4v) is 3.86. The third kappa shape index (κ3) is 4.66. The third-order valence-corrected chi connectivity index (χ3v) is 5.56. The van der Waals surface area contributed by atoms with E-state index in [0.29, 0.717) is 53.5 Å². The minimum atomic E-state index is -0.0523. The van der Waals surface area contributed by atoms with Crippen LogP contribution in [0, 0.1) is 0 Å². The molecule has 2 heterocycles. The number of hydrogen-bond acceptors (Lipinski definition) is 6. The second kappa shape index (κ2) is 9.39. The molecular weight excluding hydrogens is 418 g/mol. The second-order valence-corrected chi connectivity index (χ2v) is 7.79. The number of benzene rings is 2. The third-order valence-electron chi connectivity index (χ3n) is 5.31. The largest absolute Gasteiger partial charge is 0.493 e. The smallest absolute Gasteiger partial charge is 0.254 e. The number of aromatic nitrogens is 2. The molecule has 1 aliphatic heterocycles. The second-order valence-electron chi connectivity index (χ2n) is 7.35. The predicted molar refractivity (Wildman–Crippen MR) is 117 cm³/mol. The van der Waals surface area contributed by atoms with Gasteiger partial charge in [0.15, 0.2) is 11.5 Å². The topological polar surface area (TPSA) is 77.7 Å². The summed E-state index contributed by atoms with van der Waals surface area (Å²) in [4.78, 5) is 19.5. The van der Waals surface area contributed by atoms with Gasteiger partial charge in [-0.1, -0.05) is 16.8 Å². The van der Waals surface area contributed by atoms with Crippen molar-refractivity contribution in [1.29, 1.82) is 0 Å². The van der Waals surface area contributed by atoms with Crippen LogP contribution in [0.2, 0.25) is 5.02 Å². The summed E-state index contributed by atoms with van der Waals surface area (Å²) in [5, 5.41) is 4.76. The first-order chi connectivity index (χ1) is 15.1.